The largest absolute Gasteiger partial charge is 0.464 e. The Bertz CT molecular complexity index is 1110. The summed E-state index contributed by atoms with van der Waals surface area (Å²) in [6, 6.07) is 11.8. The van der Waals surface area contributed by atoms with E-state index in [1.807, 2.05) is 36.4 Å². The van der Waals surface area contributed by atoms with E-state index in [9.17, 15) is 9.59 Å². The molecule has 0 radical (unpaired) electrons. The first kappa shape index (κ1) is 15.8. The molecule has 0 atom stereocenters. The van der Waals surface area contributed by atoms with Crippen LogP contribution in [0.3, 0.4) is 0 Å². The predicted octanol–water partition coefficient (Wildman–Crippen LogP) is 2.38. The number of hydrazine groups is 1. The Morgan fingerprint density at radius 1 is 1.04 bits per heavy atom. The number of rotatable bonds is 3. The minimum Gasteiger partial charge on any atom is -0.464 e. The van der Waals surface area contributed by atoms with E-state index in [1.165, 1.54) is 18.6 Å². The second-order valence-electron chi connectivity index (χ2n) is 5.69. The molecule has 0 bridgehead atoms. The Kier molecular flexibility index (Phi) is 4.03. The van der Waals surface area contributed by atoms with Crippen LogP contribution >= 0.6 is 0 Å². The van der Waals surface area contributed by atoms with Crippen LogP contribution in [-0.2, 0) is 11.2 Å². The maximum Gasteiger partial charge on any atom is 0.289 e. The van der Waals surface area contributed by atoms with Crippen LogP contribution in [0.1, 0.15) is 16.1 Å². The Morgan fingerprint density at radius 2 is 1.92 bits per heavy atom. The van der Waals surface area contributed by atoms with E-state index in [-0.39, 0.29) is 18.0 Å². The number of aromatic nitrogens is 2. The highest BCUT2D eigenvalue weighted by molar-refractivity contribution is 6.08. The number of amides is 2. The van der Waals surface area contributed by atoms with Gasteiger partial charge >= 0.3 is 0 Å². The highest BCUT2D eigenvalue weighted by Gasteiger charge is 2.14. The van der Waals surface area contributed by atoms with Crippen LogP contribution in [0.2, 0.25) is 0 Å². The molecule has 0 aliphatic heterocycles. The quantitative estimate of drug-likeness (QED) is 0.555. The number of benzene rings is 2. The predicted molar refractivity (Wildman–Crippen MR) is 95.1 cm³/mol. The van der Waals surface area contributed by atoms with Gasteiger partial charge in [0.25, 0.3) is 5.91 Å². The number of carbonyl (C=O) groups is 2. The smallest absolute Gasteiger partial charge is 0.289 e. The highest BCUT2D eigenvalue weighted by atomic mass is 16.3. The van der Waals surface area contributed by atoms with Crippen LogP contribution in [0.15, 0.2) is 65.7 Å². The second kappa shape index (κ2) is 6.64. The van der Waals surface area contributed by atoms with Crippen molar-refractivity contribution in [2.75, 3.05) is 0 Å². The number of hydrogen-bond acceptors (Lipinski definition) is 5. The number of furan rings is 1. The highest BCUT2D eigenvalue weighted by Crippen LogP contribution is 2.29. The molecule has 4 aromatic rings. The van der Waals surface area contributed by atoms with Gasteiger partial charge in [-0.1, -0.05) is 30.3 Å². The monoisotopic (exact) mass is 346 g/mol. The zero-order valence-corrected chi connectivity index (χ0v) is 13.6. The first-order valence-electron chi connectivity index (χ1n) is 7.95. The van der Waals surface area contributed by atoms with Crippen molar-refractivity contribution in [3.63, 3.8) is 0 Å². The Balaban J connectivity index is 1.51. The zero-order valence-electron chi connectivity index (χ0n) is 13.6. The van der Waals surface area contributed by atoms with E-state index in [2.05, 4.69) is 20.8 Å². The third kappa shape index (κ3) is 2.98. The fourth-order valence-corrected chi connectivity index (χ4v) is 2.83. The third-order valence-corrected chi connectivity index (χ3v) is 4.00. The van der Waals surface area contributed by atoms with Gasteiger partial charge in [-0.3, -0.25) is 25.4 Å². The fraction of sp³-hybridized carbons (Fsp3) is 0.0526. The summed E-state index contributed by atoms with van der Waals surface area (Å²) in [5.74, 6) is -0.896. The van der Waals surface area contributed by atoms with Gasteiger partial charge in [0.05, 0.1) is 18.9 Å². The lowest BCUT2D eigenvalue weighted by Gasteiger charge is -2.06. The molecule has 0 aliphatic carbocycles. The molecule has 2 N–H and O–H groups in total. The molecular weight excluding hydrogens is 332 g/mol. The van der Waals surface area contributed by atoms with Crippen LogP contribution in [0.4, 0.5) is 0 Å². The SMILES string of the molecule is O=C(Cc1coc2ccc3ccccc3c12)NNC(=O)c1cnccn1. The molecule has 2 heterocycles. The number of nitrogens with zero attached hydrogens (tertiary/aromatic N) is 2. The Morgan fingerprint density at radius 3 is 2.77 bits per heavy atom. The molecule has 26 heavy (non-hydrogen) atoms. The van der Waals surface area contributed by atoms with Crippen LogP contribution in [0.25, 0.3) is 21.7 Å². The van der Waals surface area contributed by atoms with E-state index in [4.69, 9.17) is 4.42 Å². The van der Waals surface area contributed by atoms with Crippen molar-refractivity contribution in [2.45, 2.75) is 6.42 Å². The normalized spacial score (nSPS) is 10.8. The van der Waals surface area contributed by atoms with E-state index in [0.29, 0.717) is 0 Å². The lowest BCUT2D eigenvalue weighted by molar-refractivity contribution is -0.121. The van der Waals surface area contributed by atoms with Gasteiger partial charge in [0, 0.05) is 23.3 Å². The molecule has 0 spiro atoms. The number of carbonyl (C=O) groups excluding carboxylic acids is 2. The molecule has 4 rings (SSSR count). The van der Waals surface area contributed by atoms with E-state index >= 15 is 0 Å². The van der Waals surface area contributed by atoms with Gasteiger partial charge in [-0.15, -0.1) is 0 Å². The molecule has 7 heteroatoms. The summed E-state index contributed by atoms with van der Waals surface area (Å²) in [6.07, 6.45) is 5.82. The lowest BCUT2D eigenvalue weighted by atomic mass is 10.0. The average Bonchev–Trinajstić information content (AvgIpc) is 3.10. The van der Waals surface area contributed by atoms with Gasteiger partial charge in [-0.05, 0) is 16.8 Å². The lowest BCUT2D eigenvalue weighted by Crippen LogP contribution is -2.42. The first-order chi connectivity index (χ1) is 12.7. The third-order valence-electron chi connectivity index (χ3n) is 4.00. The van der Waals surface area contributed by atoms with Gasteiger partial charge in [0.15, 0.2) is 0 Å². The topological polar surface area (TPSA) is 97.1 Å². The molecule has 7 nitrogen and oxygen atoms in total. The second-order valence-corrected chi connectivity index (χ2v) is 5.69. The van der Waals surface area contributed by atoms with Gasteiger partial charge in [0.2, 0.25) is 5.91 Å². The van der Waals surface area contributed by atoms with Gasteiger partial charge in [0.1, 0.15) is 11.3 Å². The first-order valence-corrected chi connectivity index (χ1v) is 7.95. The van der Waals surface area contributed by atoms with Crippen LogP contribution in [0.5, 0.6) is 0 Å². The molecule has 2 aromatic carbocycles. The molecule has 0 saturated heterocycles. The molecule has 0 aliphatic rings. The summed E-state index contributed by atoms with van der Waals surface area (Å²) in [7, 11) is 0. The minimum atomic E-state index is -0.533. The fourth-order valence-electron chi connectivity index (χ4n) is 2.83. The number of hydrogen-bond donors (Lipinski definition) is 2. The standard InChI is InChI=1S/C19H14N4O3/c24-17(22-23-19(25)15-10-20-7-8-21-15)9-13-11-26-16-6-5-12-3-1-2-4-14(12)18(13)16/h1-8,10-11H,9H2,(H,22,24)(H,23,25). The summed E-state index contributed by atoms with van der Waals surface area (Å²) in [4.78, 5) is 31.8. The van der Waals surface area contributed by atoms with Crippen LogP contribution in [0, 0.1) is 0 Å². The van der Waals surface area contributed by atoms with Crippen LogP contribution < -0.4 is 10.9 Å². The molecule has 2 amide bonds. The average molecular weight is 346 g/mol. The number of nitrogens with one attached hydrogen (secondary N) is 2. The molecule has 0 fully saturated rings. The van der Waals surface area contributed by atoms with Crippen molar-refractivity contribution >= 4 is 33.6 Å². The molecule has 0 saturated carbocycles. The maximum atomic E-state index is 12.2. The van der Waals surface area contributed by atoms with Gasteiger partial charge in [-0.25, -0.2) is 4.98 Å². The summed E-state index contributed by atoms with van der Waals surface area (Å²) in [5, 5.41) is 2.99. The summed E-state index contributed by atoms with van der Waals surface area (Å²) in [6.45, 7) is 0. The summed E-state index contributed by atoms with van der Waals surface area (Å²) in [5.41, 5.74) is 6.30. The van der Waals surface area contributed by atoms with Gasteiger partial charge in [-0.2, -0.15) is 0 Å². The van der Waals surface area contributed by atoms with Crippen molar-refractivity contribution in [3.8, 4) is 0 Å². The Labute approximate surface area is 148 Å². The van der Waals surface area contributed by atoms with Crippen molar-refractivity contribution in [1.29, 1.82) is 0 Å². The van der Waals surface area contributed by atoms with E-state index in [0.717, 1.165) is 27.3 Å². The maximum absolute atomic E-state index is 12.2. The van der Waals surface area contributed by atoms with Gasteiger partial charge < -0.3 is 4.42 Å². The Hall–Kier alpha value is -3.74. The minimum absolute atomic E-state index is 0.0712. The van der Waals surface area contributed by atoms with Crippen molar-refractivity contribution in [2.24, 2.45) is 0 Å². The van der Waals surface area contributed by atoms with Crippen molar-refractivity contribution < 1.29 is 14.0 Å². The summed E-state index contributed by atoms with van der Waals surface area (Å²) < 4.78 is 5.57. The van der Waals surface area contributed by atoms with E-state index in [1.54, 1.807) is 6.26 Å². The van der Waals surface area contributed by atoms with Crippen LogP contribution in [-0.4, -0.2) is 21.8 Å². The molecular formula is C19H14N4O3. The molecule has 128 valence electrons. The molecule has 0 unspecified atom stereocenters. The summed E-state index contributed by atoms with van der Waals surface area (Å²) >= 11 is 0. The number of fused-ring (bicyclic) bond motifs is 3. The van der Waals surface area contributed by atoms with Crippen molar-refractivity contribution in [1.82, 2.24) is 20.8 Å². The van der Waals surface area contributed by atoms with E-state index < -0.39 is 5.91 Å². The van der Waals surface area contributed by atoms with Crippen molar-refractivity contribution in [3.05, 3.63) is 72.5 Å². The molecule has 2 aromatic heterocycles. The zero-order chi connectivity index (χ0) is 17.9.